The maximum absolute atomic E-state index is 10.9. The highest BCUT2D eigenvalue weighted by atomic mass is 35.5. The van der Waals surface area contributed by atoms with Crippen LogP contribution < -0.4 is 5.32 Å². The molecular formula is C11H14ClNO2. The Hall–Kier alpha value is -1.06. The molecule has 0 radical (unpaired) electrons. The Labute approximate surface area is 94.4 Å². The highest BCUT2D eigenvalue weighted by molar-refractivity contribution is 6.30. The number of benzene rings is 1. The zero-order valence-corrected chi connectivity index (χ0v) is 9.54. The fourth-order valence-corrected chi connectivity index (χ4v) is 1.40. The summed E-state index contributed by atoms with van der Waals surface area (Å²) in [6.45, 7) is 2.17. The summed E-state index contributed by atoms with van der Waals surface area (Å²) in [5.41, 5.74) is 1.05. The number of nitrogens with one attached hydrogen (secondary N) is 1. The molecule has 1 rings (SSSR count). The van der Waals surface area contributed by atoms with Crippen LogP contribution in [-0.4, -0.2) is 19.6 Å². The normalized spacial score (nSPS) is 12.2. The van der Waals surface area contributed by atoms with E-state index in [1.807, 2.05) is 31.2 Å². The minimum atomic E-state index is -0.274. The summed E-state index contributed by atoms with van der Waals surface area (Å²) in [6.07, 6.45) is 0. The van der Waals surface area contributed by atoms with Crippen LogP contribution in [-0.2, 0) is 9.53 Å². The second-order valence-corrected chi connectivity index (χ2v) is 3.67. The van der Waals surface area contributed by atoms with Gasteiger partial charge in [-0.1, -0.05) is 23.7 Å². The predicted molar refractivity (Wildman–Crippen MR) is 59.9 cm³/mol. The summed E-state index contributed by atoms with van der Waals surface area (Å²) in [7, 11) is 1.37. The zero-order chi connectivity index (χ0) is 11.3. The van der Waals surface area contributed by atoms with E-state index in [2.05, 4.69) is 10.1 Å². The van der Waals surface area contributed by atoms with E-state index in [9.17, 15) is 4.79 Å². The van der Waals surface area contributed by atoms with Crippen LogP contribution in [0, 0.1) is 0 Å². The van der Waals surface area contributed by atoms with Crippen molar-refractivity contribution < 1.29 is 9.53 Å². The third-order valence-corrected chi connectivity index (χ3v) is 2.36. The molecule has 1 aromatic rings. The molecule has 0 bridgehead atoms. The molecular weight excluding hydrogens is 214 g/mol. The summed E-state index contributed by atoms with van der Waals surface area (Å²) in [5, 5.41) is 3.74. The molecule has 1 aromatic carbocycles. The van der Waals surface area contributed by atoms with Gasteiger partial charge in [0.15, 0.2) is 0 Å². The number of methoxy groups -OCH3 is 1. The van der Waals surface area contributed by atoms with E-state index >= 15 is 0 Å². The Balaban J connectivity index is 2.53. The van der Waals surface area contributed by atoms with Gasteiger partial charge in [0.1, 0.15) is 0 Å². The monoisotopic (exact) mass is 227 g/mol. The van der Waals surface area contributed by atoms with Gasteiger partial charge in [0.2, 0.25) is 0 Å². The lowest BCUT2D eigenvalue weighted by Gasteiger charge is -2.13. The molecule has 0 aliphatic rings. The minimum Gasteiger partial charge on any atom is -0.468 e. The molecule has 1 unspecified atom stereocenters. The Bertz CT molecular complexity index is 341. The van der Waals surface area contributed by atoms with Crippen molar-refractivity contribution in [2.75, 3.05) is 13.7 Å². The lowest BCUT2D eigenvalue weighted by Crippen LogP contribution is -2.26. The standard InChI is InChI=1S/C11H14ClNO2/c1-8(13-7-11(14)15-2)9-4-3-5-10(12)6-9/h3-6,8,13H,7H2,1-2H3. The van der Waals surface area contributed by atoms with Gasteiger partial charge in [-0.25, -0.2) is 0 Å². The van der Waals surface area contributed by atoms with Gasteiger partial charge in [0.25, 0.3) is 0 Å². The fourth-order valence-electron chi connectivity index (χ4n) is 1.20. The van der Waals surface area contributed by atoms with E-state index in [0.717, 1.165) is 5.56 Å². The van der Waals surface area contributed by atoms with Crippen molar-refractivity contribution in [2.24, 2.45) is 0 Å². The van der Waals surface area contributed by atoms with E-state index in [0.29, 0.717) is 5.02 Å². The fraction of sp³-hybridized carbons (Fsp3) is 0.364. The number of hydrogen-bond acceptors (Lipinski definition) is 3. The van der Waals surface area contributed by atoms with Gasteiger partial charge in [-0.05, 0) is 24.6 Å². The van der Waals surface area contributed by atoms with Gasteiger partial charge < -0.3 is 10.1 Å². The topological polar surface area (TPSA) is 38.3 Å². The second-order valence-electron chi connectivity index (χ2n) is 3.23. The first-order valence-electron chi connectivity index (χ1n) is 4.69. The minimum absolute atomic E-state index is 0.0720. The molecule has 0 aliphatic heterocycles. The molecule has 0 amide bonds. The molecule has 82 valence electrons. The quantitative estimate of drug-likeness (QED) is 0.802. The average Bonchev–Trinajstić information content (AvgIpc) is 2.25. The van der Waals surface area contributed by atoms with Crippen molar-refractivity contribution >= 4 is 17.6 Å². The molecule has 0 fully saturated rings. The van der Waals surface area contributed by atoms with Crippen LogP contribution in [0.4, 0.5) is 0 Å². The Morgan fingerprint density at radius 3 is 2.93 bits per heavy atom. The van der Waals surface area contributed by atoms with E-state index in [1.54, 1.807) is 0 Å². The lowest BCUT2D eigenvalue weighted by molar-refractivity contribution is -0.139. The number of halogens is 1. The van der Waals surface area contributed by atoms with Crippen LogP contribution in [0.3, 0.4) is 0 Å². The van der Waals surface area contributed by atoms with Crippen LogP contribution in [0.5, 0.6) is 0 Å². The lowest BCUT2D eigenvalue weighted by atomic mass is 10.1. The van der Waals surface area contributed by atoms with Crippen LogP contribution in [0.1, 0.15) is 18.5 Å². The van der Waals surface area contributed by atoms with Crippen molar-refractivity contribution in [1.82, 2.24) is 5.32 Å². The van der Waals surface area contributed by atoms with Crippen molar-refractivity contribution in [3.05, 3.63) is 34.9 Å². The first-order chi connectivity index (χ1) is 7.13. The maximum Gasteiger partial charge on any atom is 0.319 e. The van der Waals surface area contributed by atoms with Gasteiger partial charge in [-0.2, -0.15) is 0 Å². The highest BCUT2D eigenvalue weighted by Gasteiger charge is 2.07. The van der Waals surface area contributed by atoms with Crippen molar-refractivity contribution in [1.29, 1.82) is 0 Å². The first kappa shape index (κ1) is 12.0. The third-order valence-electron chi connectivity index (χ3n) is 2.13. The van der Waals surface area contributed by atoms with Crippen molar-refractivity contribution in [3.63, 3.8) is 0 Å². The summed E-state index contributed by atoms with van der Waals surface area (Å²) in [4.78, 5) is 10.9. The van der Waals surface area contributed by atoms with Crippen LogP contribution >= 0.6 is 11.6 Å². The molecule has 1 N–H and O–H groups in total. The molecule has 0 aromatic heterocycles. The molecule has 0 aliphatic carbocycles. The maximum atomic E-state index is 10.9. The number of hydrogen-bond donors (Lipinski definition) is 1. The van der Waals surface area contributed by atoms with Crippen LogP contribution in [0.2, 0.25) is 5.02 Å². The smallest absolute Gasteiger partial charge is 0.319 e. The van der Waals surface area contributed by atoms with Gasteiger partial charge in [-0.3, -0.25) is 4.79 Å². The van der Waals surface area contributed by atoms with Gasteiger partial charge in [0, 0.05) is 11.1 Å². The number of ether oxygens (including phenoxy) is 1. The summed E-state index contributed by atoms with van der Waals surface area (Å²) in [6, 6.07) is 7.60. The first-order valence-corrected chi connectivity index (χ1v) is 5.07. The summed E-state index contributed by atoms with van der Waals surface area (Å²) in [5.74, 6) is -0.274. The zero-order valence-electron chi connectivity index (χ0n) is 8.79. The predicted octanol–water partition coefficient (Wildman–Crippen LogP) is 2.16. The van der Waals surface area contributed by atoms with Gasteiger partial charge in [-0.15, -0.1) is 0 Å². The van der Waals surface area contributed by atoms with Crippen molar-refractivity contribution in [2.45, 2.75) is 13.0 Å². The summed E-state index contributed by atoms with van der Waals surface area (Å²) < 4.78 is 4.53. The van der Waals surface area contributed by atoms with E-state index in [-0.39, 0.29) is 18.6 Å². The van der Waals surface area contributed by atoms with E-state index in [4.69, 9.17) is 11.6 Å². The largest absolute Gasteiger partial charge is 0.468 e. The Morgan fingerprint density at radius 2 is 2.33 bits per heavy atom. The van der Waals surface area contributed by atoms with Gasteiger partial charge in [0.05, 0.1) is 13.7 Å². The van der Waals surface area contributed by atoms with E-state index < -0.39 is 0 Å². The molecule has 4 heteroatoms. The molecule has 0 spiro atoms. The number of rotatable bonds is 4. The third kappa shape index (κ3) is 3.90. The van der Waals surface area contributed by atoms with Crippen molar-refractivity contribution in [3.8, 4) is 0 Å². The van der Waals surface area contributed by atoms with Gasteiger partial charge >= 0.3 is 5.97 Å². The average molecular weight is 228 g/mol. The van der Waals surface area contributed by atoms with Crippen LogP contribution in [0.15, 0.2) is 24.3 Å². The molecule has 1 atom stereocenters. The Kier molecular flexibility index (Phi) is 4.59. The highest BCUT2D eigenvalue weighted by Crippen LogP contribution is 2.16. The molecule has 0 saturated carbocycles. The van der Waals surface area contributed by atoms with Crippen LogP contribution in [0.25, 0.3) is 0 Å². The SMILES string of the molecule is COC(=O)CNC(C)c1cccc(Cl)c1. The molecule has 0 heterocycles. The van der Waals surface area contributed by atoms with E-state index in [1.165, 1.54) is 7.11 Å². The molecule has 0 saturated heterocycles. The molecule has 3 nitrogen and oxygen atoms in total. The number of esters is 1. The second kappa shape index (κ2) is 5.73. The Morgan fingerprint density at radius 1 is 1.60 bits per heavy atom. The molecule has 15 heavy (non-hydrogen) atoms. The summed E-state index contributed by atoms with van der Waals surface area (Å²) >= 11 is 5.86. The number of carbonyl (C=O) groups excluding carboxylic acids is 1. The number of carbonyl (C=O) groups is 1.